The maximum Gasteiger partial charge on any atom is 0.223 e. The van der Waals surface area contributed by atoms with Gasteiger partial charge in [-0.2, -0.15) is 0 Å². The Balaban J connectivity index is 2.00. The maximum absolute atomic E-state index is 11.0. The van der Waals surface area contributed by atoms with Crippen molar-refractivity contribution in [2.45, 2.75) is 58.3 Å². The van der Waals surface area contributed by atoms with Crippen LogP contribution in [0.4, 0.5) is 5.13 Å². The zero-order valence-corrected chi connectivity index (χ0v) is 12.4. The van der Waals surface area contributed by atoms with Crippen LogP contribution in [0.3, 0.4) is 0 Å². The van der Waals surface area contributed by atoms with Gasteiger partial charge >= 0.3 is 0 Å². The minimum Gasteiger partial charge on any atom is -0.393 e. The van der Waals surface area contributed by atoms with E-state index in [1.54, 1.807) is 0 Å². The number of thiazole rings is 1. The Hall–Kier alpha value is -0.980. The van der Waals surface area contributed by atoms with E-state index in [-0.39, 0.29) is 12.0 Å². The third-order valence-corrected chi connectivity index (χ3v) is 4.34. The summed E-state index contributed by atoms with van der Waals surface area (Å²) < 4.78 is 0. The van der Waals surface area contributed by atoms with Crippen molar-refractivity contribution in [2.75, 3.05) is 5.32 Å². The van der Waals surface area contributed by atoms with E-state index in [1.165, 1.54) is 18.3 Å². The van der Waals surface area contributed by atoms with Crippen LogP contribution in [0.2, 0.25) is 0 Å². The lowest BCUT2D eigenvalue weighted by Gasteiger charge is -2.40. The topological polar surface area (TPSA) is 65.5 Å². The Morgan fingerprint density at radius 2 is 2.16 bits per heavy atom. The second-order valence-electron chi connectivity index (χ2n) is 5.32. The number of hydrogen-bond donors (Lipinski definition) is 2. The summed E-state index contributed by atoms with van der Waals surface area (Å²) >= 11 is 1.45. The molecule has 0 radical (unpaired) electrons. The molecular weight excluding hydrogens is 262 g/mol. The molecule has 2 heterocycles. The van der Waals surface area contributed by atoms with Crippen molar-refractivity contribution in [3.8, 4) is 0 Å². The monoisotopic (exact) mass is 283 g/mol. The summed E-state index contributed by atoms with van der Waals surface area (Å²) in [7, 11) is 0. The molecule has 0 aromatic carbocycles. The highest BCUT2D eigenvalue weighted by molar-refractivity contribution is 7.13. The zero-order chi connectivity index (χ0) is 14.0. The Morgan fingerprint density at radius 1 is 1.53 bits per heavy atom. The van der Waals surface area contributed by atoms with Crippen LogP contribution < -0.4 is 5.32 Å². The normalized spacial score (nSPS) is 28.3. The summed E-state index contributed by atoms with van der Waals surface area (Å²) in [6.45, 7) is 6.53. The third kappa shape index (κ3) is 3.75. The van der Waals surface area contributed by atoms with E-state index in [1.807, 2.05) is 5.38 Å². The first-order chi connectivity index (χ1) is 8.95. The summed E-state index contributed by atoms with van der Waals surface area (Å²) in [4.78, 5) is 17.7. The van der Waals surface area contributed by atoms with Gasteiger partial charge in [0.1, 0.15) is 0 Å². The molecule has 0 aliphatic carbocycles. The molecule has 2 atom stereocenters. The van der Waals surface area contributed by atoms with E-state index in [0.29, 0.717) is 17.2 Å². The quantitative estimate of drug-likeness (QED) is 0.888. The number of aliphatic hydroxyl groups is 1. The predicted molar refractivity (Wildman–Crippen MR) is 76.1 cm³/mol. The predicted octanol–water partition coefficient (Wildman–Crippen LogP) is 1.84. The second-order valence-corrected chi connectivity index (χ2v) is 6.18. The Labute approximate surface area is 117 Å². The number of aliphatic hydroxyl groups excluding tert-OH is 1. The number of likely N-dealkylation sites (tertiary alicyclic amines) is 1. The van der Waals surface area contributed by atoms with Gasteiger partial charge in [0.2, 0.25) is 5.91 Å². The molecule has 1 amide bonds. The van der Waals surface area contributed by atoms with Gasteiger partial charge in [-0.1, -0.05) is 0 Å². The summed E-state index contributed by atoms with van der Waals surface area (Å²) in [5, 5.41) is 15.1. The van der Waals surface area contributed by atoms with Crippen LogP contribution >= 0.6 is 11.3 Å². The van der Waals surface area contributed by atoms with Crippen LogP contribution in [-0.2, 0) is 11.3 Å². The van der Waals surface area contributed by atoms with E-state index in [2.05, 4.69) is 29.0 Å². The molecule has 2 N–H and O–H groups in total. The Morgan fingerprint density at radius 3 is 2.74 bits per heavy atom. The molecule has 1 aromatic heterocycles. The molecule has 2 unspecified atom stereocenters. The summed E-state index contributed by atoms with van der Waals surface area (Å²) in [5.74, 6) is -0.0938. The molecule has 0 saturated carbocycles. The van der Waals surface area contributed by atoms with Crippen molar-refractivity contribution in [2.24, 2.45) is 0 Å². The van der Waals surface area contributed by atoms with Crippen LogP contribution in [0.25, 0.3) is 0 Å². The number of amides is 1. The first-order valence-corrected chi connectivity index (χ1v) is 7.49. The SMILES string of the molecule is CC(=O)Nc1nc(CN2C(C)CC(O)CC2C)cs1. The first kappa shape index (κ1) is 14.4. The molecule has 1 aliphatic rings. The van der Waals surface area contributed by atoms with Gasteiger partial charge in [0.25, 0.3) is 0 Å². The standard InChI is InChI=1S/C13H21N3O2S/c1-8-4-12(18)5-9(2)16(8)6-11-7-19-13(15-11)14-10(3)17/h7-9,12,18H,4-6H2,1-3H3,(H,14,15,17). The van der Waals surface area contributed by atoms with Gasteiger partial charge in [-0.05, 0) is 26.7 Å². The highest BCUT2D eigenvalue weighted by Crippen LogP contribution is 2.26. The van der Waals surface area contributed by atoms with Crippen molar-refractivity contribution < 1.29 is 9.90 Å². The molecule has 1 aliphatic heterocycles. The highest BCUT2D eigenvalue weighted by atomic mass is 32.1. The van der Waals surface area contributed by atoms with E-state index in [9.17, 15) is 9.90 Å². The second kappa shape index (κ2) is 5.98. The van der Waals surface area contributed by atoms with Crippen LogP contribution in [0.15, 0.2) is 5.38 Å². The minimum atomic E-state index is -0.188. The first-order valence-electron chi connectivity index (χ1n) is 6.61. The van der Waals surface area contributed by atoms with Crippen LogP contribution in [0, 0.1) is 0 Å². The van der Waals surface area contributed by atoms with Crippen molar-refractivity contribution in [3.05, 3.63) is 11.1 Å². The number of anilines is 1. The van der Waals surface area contributed by atoms with Crippen LogP contribution in [0.1, 0.15) is 39.3 Å². The number of nitrogens with zero attached hydrogens (tertiary/aromatic N) is 2. The lowest BCUT2D eigenvalue weighted by Crippen LogP contribution is -2.47. The van der Waals surface area contributed by atoms with Gasteiger partial charge in [-0.25, -0.2) is 4.98 Å². The van der Waals surface area contributed by atoms with Crippen molar-refractivity contribution in [1.29, 1.82) is 0 Å². The molecule has 5 nitrogen and oxygen atoms in total. The lowest BCUT2D eigenvalue weighted by atomic mass is 9.95. The van der Waals surface area contributed by atoms with Gasteiger partial charge in [0.05, 0.1) is 11.8 Å². The van der Waals surface area contributed by atoms with E-state index >= 15 is 0 Å². The van der Waals surface area contributed by atoms with Crippen LogP contribution in [-0.4, -0.2) is 39.1 Å². The van der Waals surface area contributed by atoms with Crippen molar-refractivity contribution in [1.82, 2.24) is 9.88 Å². The maximum atomic E-state index is 11.0. The highest BCUT2D eigenvalue weighted by Gasteiger charge is 2.30. The van der Waals surface area contributed by atoms with Gasteiger partial charge < -0.3 is 10.4 Å². The molecule has 19 heavy (non-hydrogen) atoms. The molecule has 6 heteroatoms. The lowest BCUT2D eigenvalue weighted by molar-refractivity contribution is -0.114. The molecule has 1 fully saturated rings. The average Bonchev–Trinajstić information content (AvgIpc) is 2.70. The average molecular weight is 283 g/mol. The summed E-state index contributed by atoms with van der Waals surface area (Å²) in [5.41, 5.74) is 0.976. The fourth-order valence-corrected chi connectivity index (χ4v) is 3.42. The van der Waals surface area contributed by atoms with Gasteiger partial charge in [-0.15, -0.1) is 11.3 Å². The van der Waals surface area contributed by atoms with E-state index < -0.39 is 0 Å². The van der Waals surface area contributed by atoms with Crippen LogP contribution in [0.5, 0.6) is 0 Å². The number of aromatic nitrogens is 1. The number of nitrogens with one attached hydrogen (secondary N) is 1. The molecular formula is C13H21N3O2S. The number of carbonyl (C=O) groups excluding carboxylic acids is 1. The van der Waals surface area contributed by atoms with Crippen molar-refractivity contribution >= 4 is 22.4 Å². The van der Waals surface area contributed by atoms with Crippen molar-refractivity contribution in [3.63, 3.8) is 0 Å². The summed E-state index contributed by atoms with van der Waals surface area (Å²) in [6, 6.07) is 0.703. The Bertz CT molecular complexity index is 437. The largest absolute Gasteiger partial charge is 0.393 e. The minimum absolute atomic E-state index is 0.0938. The summed E-state index contributed by atoms with van der Waals surface area (Å²) in [6.07, 6.45) is 1.44. The molecule has 106 valence electrons. The van der Waals surface area contributed by atoms with Gasteiger partial charge in [0.15, 0.2) is 5.13 Å². The van der Waals surface area contributed by atoms with Gasteiger partial charge in [-0.3, -0.25) is 9.69 Å². The fourth-order valence-electron chi connectivity index (χ4n) is 2.68. The number of carbonyl (C=O) groups is 1. The molecule has 0 spiro atoms. The molecule has 0 bridgehead atoms. The molecule has 1 saturated heterocycles. The molecule has 1 aromatic rings. The number of rotatable bonds is 3. The van der Waals surface area contributed by atoms with Gasteiger partial charge in [0, 0.05) is 30.9 Å². The molecule has 2 rings (SSSR count). The third-order valence-electron chi connectivity index (χ3n) is 3.54. The number of piperidine rings is 1. The fraction of sp³-hybridized carbons (Fsp3) is 0.692. The number of hydrogen-bond acceptors (Lipinski definition) is 5. The smallest absolute Gasteiger partial charge is 0.223 e. The zero-order valence-electron chi connectivity index (χ0n) is 11.6. The van der Waals surface area contributed by atoms with E-state index in [4.69, 9.17) is 0 Å². The van der Waals surface area contributed by atoms with E-state index in [0.717, 1.165) is 25.1 Å². The Kier molecular flexibility index (Phi) is 4.54.